The molecule has 0 bridgehead atoms. The minimum Gasteiger partial charge on any atom is -0.315 e. The number of nitrogens with one attached hydrogen (secondary N) is 1. The molecular weight excluding hydrogens is 404 g/mol. The monoisotopic (exact) mass is 428 g/mol. The number of rotatable bonds is 6. The van der Waals surface area contributed by atoms with Gasteiger partial charge in [0.1, 0.15) is 0 Å². The first kappa shape index (κ1) is 21.2. The molecule has 0 atom stereocenters. The maximum atomic E-state index is 12.2. The Bertz CT molecular complexity index is 1090. The number of anilines is 1. The van der Waals surface area contributed by atoms with Crippen LogP contribution in [-0.2, 0) is 11.3 Å². The van der Waals surface area contributed by atoms with Crippen molar-refractivity contribution in [2.24, 2.45) is 5.92 Å². The van der Waals surface area contributed by atoms with E-state index in [0.29, 0.717) is 5.02 Å². The summed E-state index contributed by atoms with van der Waals surface area (Å²) in [7, 11) is 2.16. The van der Waals surface area contributed by atoms with E-state index in [-0.39, 0.29) is 5.91 Å². The lowest BCUT2D eigenvalue weighted by Crippen LogP contribution is -2.20. The molecule has 4 rings (SSSR count). The van der Waals surface area contributed by atoms with Gasteiger partial charge in [-0.2, -0.15) is 0 Å². The molecule has 3 nitrogen and oxygen atoms in total. The number of hydrogen-bond acceptors (Lipinski definition) is 2. The predicted molar refractivity (Wildman–Crippen MR) is 128 cm³/mol. The molecule has 3 aromatic carbocycles. The molecule has 1 aliphatic rings. The molecule has 1 amide bonds. The van der Waals surface area contributed by atoms with Gasteiger partial charge in [0, 0.05) is 35.3 Å². The van der Waals surface area contributed by atoms with Crippen molar-refractivity contribution < 1.29 is 4.79 Å². The molecule has 1 N–H and O–H groups in total. The number of carbonyl (C=O) groups is 1. The first-order valence-electron chi connectivity index (χ1n) is 10.5. The molecule has 1 fully saturated rings. The van der Waals surface area contributed by atoms with Gasteiger partial charge in [0.05, 0.1) is 0 Å². The fourth-order valence-electron chi connectivity index (χ4n) is 3.49. The third kappa shape index (κ3) is 6.46. The van der Waals surface area contributed by atoms with Crippen molar-refractivity contribution in [3.63, 3.8) is 0 Å². The molecule has 0 radical (unpaired) electrons. The summed E-state index contributed by atoms with van der Waals surface area (Å²) in [6.45, 7) is 2.09. The molecule has 0 aromatic heterocycles. The summed E-state index contributed by atoms with van der Waals surface area (Å²) in [5.74, 6) is 6.15. The lowest BCUT2D eigenvalue weighted by atomic mass is 10.0. The van der Waals surface area contributed by atoms with E-state index in [9.17, 15) is 4.79 Å². The van der Waals surface area contributed by atoms with Crippen LogP contribution in [0.4, 0.5) is 5.69 Å². The molecule has 0 aliphatic heterocycles. The molecule has 0 unspecified atom stereocenters. The van der Waals surface area contributed by atoms with Crippen LogP contribution in [0.5, 0.6) is 0 Å². The topological polar surface area (TPSA) is 32.3 Å². The Morgan fingerprint density at radius 3 is 2.19 bits per heavy atom. The molecule has 31 heavy (non-hydrogen) atoms. The van der Waals surface area contributed by atoms with Crippen LogP contribution >= 0.6 is 11.6 Å². The highest BCUT2D eigenvalue weighted by molar-refractivity contribution is 6.30. The van der Waals surface area contributed by atoms with Gasteiger partial charge in [-0.05, 0) is 78.9 Å². The van der Waals surface area contributed by atoms with Crippen LogP contribution in [0, 0.1) is 17.8 Å². The van der Waals surface area contributed by atoms with Crippen molar-refractivity contribution >= 4 is 23.2 Å². The van der Waals surface area contributed by atoms with Crippen LogP contribution in [-0.4, -0.2) is 24.4 Å². The van der Waals surface area contributed by atoms with Gasteiger partial charge < -0.3 is 10.2 Å². The highest BCUT2D eigenvalue weighted by Gasteiger charge is 2.22. The van der Waals surface area contributed by atoms with Gasteiger partial charge in [-0.25, -0.2) is 0 Å². The van der Waals surface area contributed by atoms with E-state index >= 15 is 0 Å². The minimum atomic E-state index is -0.319. The number of hydrogen-bond donors (Lipinski definition) is 1. The summed E-state index contributed by atoms with van der Waals surface area (Å²) in [6.07, 6.45) is 2.73. The van der Waals surface area contributed by atoms with E-state index in [1.807, 2.05) is 60.7 Å². The van der Waals surface area contributed by atoms with Gasteiger partial charge in [-0.3, -0.25) is 4.79 Å². The molecule has 0 heterocycles. The second-order valence-corrected chi connectivity index (χ2v) is 8.56. The SMILES string of the molecule is CN(Cc1ccc(NC(=O)C#Cc2ccc(-c3ccc(Cl)cc3)cc2)cc1)CC1CC1. The largest absolute Gasteiger partial charge is 0.315 e. The third-order valence-corrected chi connectivity index (χ3v) is 5.57. The standard InChI is InChI=1S/C27H25ClN2O/c1-30(18-21-2-3-21)19-22-6-15-26(16-7-22)29-27(31)17-8-20-4-9-23(10-5-20)24-11-13-25(28)14-12-24/h4-7,9-16,21H,2-3,18-19H2,1H3,(H,29,31). The highest BCUT2D eigenvalue weighted by Crippen LogP contribution is 2.29. The molecule has 1 aliphatic carbocycles. The van der Waals surface area contributed by atoms with E-state index in [1.54, 1.807) is 0 Å². The molecule has 1 saturated carbocycles. The van der Waals surface area contributed by atoms with E-state index in [0.717, 1.165) is 41.4 Å². The van der Waals surface area contributed by atoms with E-state index in [1.165, 1.54) is 18.4 Å². The molecule has 156 valence electrons. The summed E-state index contributed by atoms with van der Waals surface area (Å²) in [4.78, 5) is 14.5. The third-order valence-electron chi connectivity index (χ3n) is 5.31. The number of nitrogens with zero attached hydrogens (tertiary/aromatic N) is 1. The van der Waals surface area contributed by atoms with Crippen LogP contribution in [0.3, 0.4) is 0 Å². The van der Waals surface area contributed by atoms with Gasteiger partial charge in [0.25, 0.3) is 0 Å². The molecule has 4 heteroatoms. The van der Waals surface area contributed by atoms with Gasteiger partial charge >= 0.3 is 5.91 Å². The van der Waals surface area contributed by atoms with Crippen molar-refractivity contribution in [1.82, 2.24) is 4.90 Å². The highest BCUT2D eigenvalue weighted by atomic mass is 35.5. The summed E-state index contributed by atoms with van der Waals surface area (Å²) < 4.78 is 0. The second kappa shape index (κ2) is 9.83. The Balaban J connectivity index is 1.31. The van der Waals surface area contributed by atoms with E-state index < -0.39 is 0 Å². The van der Waals surface area contributed by atoms with Gasteiger partial charge in [-0.1, -0.05) is 53.9 Å². The zero-order chi connectivity index (χ0) is 21.6. The Labute approximate surface area is 189 Å². The zero-order valence-corrected chi connectivity index (χ0v) is 18.3. The van der Waals surface area contributed by atoms with Crippen LogP contribution in [0.2, 0.25) is 5.02 Å². The van der Waals surface area contributed by atoms with Crippen molar-refractivity contribution in [3.8, 4) is 23.0 Å². The zero-order valence-electron chi connectivity index (χ0n) is 17.6. The average Bonchev–Trinajstić information content (AvgIpc) is 3.58. The normalized spacial score (nSPS) is 12.9. The quantitative estimate of drug-likeness (QED) is 0.500. The fourth-order valence-corrected chi connectivity index (χ4v) is 3.62. The van der Waals surface area contributed by atoms with Crippen LogP contribution in [0.1, 0.15) is 24.0 Å². The summed E-state index contributed by atoms with van der Waals surface area (Å²) in [5, 5.41) is 3.55. The van der Waals surface area contributed by atoms with Crippen LogP contribution < -0.4 is 5.32 Å². The lowest BCUT2D eigenvalue weighted by Gasteiger charge is -2.16. The van der Waals surface area contributed by atoms with Crippen LogP contribution in [0.25, 0.3) is 11.1 Å². The molecular formula is C27H25ClN2O. The lowest BCUT2D eigenvalue weighted by molar-refractivity contribution is -0.111. The van der Waals surface area contributed by atoms with Gasteiger partial charge in [0.2, 0.25) is 0 Å². The first-order valence-corrected chi connectivity index (χ1v) is 10.9. The Hall–Kier alpha value is -3.06. The van der Waals surface area contributed by atoms with Crippen molar-refractivity contribution in [2.75, 3.05) is 18.9 Å². The van der Waals surface area contributed by atoms with E-state index in [2.05, 4.69) is 41.2 Å². The summed E-state index contributed by atoms with van der Waals surface area (Å²) in [5.41, 5.74) is 4.96. The summed E-state index contributed by atoms with van der Waals surface area (Å²) >= 11 is 5.94. The maximum Gasteiger partial charge on any atom is 0.300 e. The summed E-state index contributed by atoms with van der Waals surface area (Å²) in [6, 6.07) is 23.5. The maximum absolute atomic E-state index is 12.2. The fraction of sp³-hybridized carbons (Fsp3) is 0.222. The predicted octanol–water partition coefficient (Wildman–Crippen LogP) is 5.84. The number of benzene rings is 3. The second-order valence-electron chi connectivity index (χ2n) is 8.13. The van der Waals surface area contributed by atoms with Crippen molar-refractivity contribution in [2.45, 2.75) is 19.4 Å². The minimum absolute atomic E-state index is 0.319. The van der Waals surface area contributed by atoms with Gasteiger partial charge in [-0.15, -0.1) is 0 Å². The number of halogens is 1. The van der Waals surface area contributed by atoms with E-state index in [4.69, 9.17) is 11.6 Å². The molecule has 3 aromatic rings. The Kier molecular flexibility index (Phi) is 6.72. The average molecular weight is 429 g/mol. The van der Waals surface area contributed by atoms with Crippen LogP contribution in [0.15, 0.2) is 72.8 Å². The van der Waals surface area contributed by atoms with Crippen molar-refractivity contribution in [1.29, 1.82) is 0 Å². The van der Waals surface area contributed by atoms with Crippen molar-refractivity contribution in [3.05, 3.63) is 88.9 Å². The molecule has 0 saturated heterocycles. The first-order chi connectivity index (χ1) is 15.0. The number of amides is 1. The van der Waals surface area contributed by atoms with Gasteiger partial charge in [0.15, 0.2) is 0 Å². The molecule has 0 spiro atoms. The smallest absolute Gasteiger partial charge is 0.300 e. The Morgan fingerprint density at radius 2 is 1.58 bits per heavy atom. The number of carbonyl (C=O) groups excluding carboxylic acids is 1. The Morgan fingerprint density at radius 1 is 0.968 bits per heavy atom.